The Morgan fingerprint density at radius 1 is 1.47 bits per heavy atom. The zero-order valence-corrected chi connectivity index (χ0v) is 9.10. The Labute approximate surface area is 89.0 Å². The van der Waals surface area contributed by atoms with Gasteiger partial charge in [0, 0.05) is 17.7 Å². The van der Waals surface area contributed by atoms with Crippen LogP contribution in [0.4, 0.5) is 0 Å². The third kappa shape index (κ3) is 1.32. The van der Waals surface area contributed by atoms with Crippen molar-refractivity contribution in [2.24, 2.45) is 0 Å². The van der Waals surface area contributed by atoms with Crippen LogP contribution >= 0.6 is 0 Å². The SMILES string of the molecule is Cc1noc(C2=CCC3CCC2N3C)n1. The molecule has 3 heterocycles. The third-order valence-electron chi connectivity index (χ3n) is 3.58. The lowest BCUT2D eigenvalue weighted by atomic mass is 10.0. The van der Waals surface area contributed by atoms with Crippen molar-refractivity contribution < 1.29 is 4.52 Å². The summed E-state index contributed by atoms with van der Waals surface area (Å²) in [5.41, 5.74) is 1.23. The molecule has 0 aliphatic carbocycles. The Kier molecular flexibility index (Phi) is 1.92. The molecule has 0 spiro atoms. The fraction of sp³-hybridized carbons (Fsp3) is 0.636. The molecule has 0 aromatic carbocycles. The highest BCUT2D eigenvalue weighted by molar-refractivity contribution is 5.65. The van der Waals surface area contributed by atoms with E-state index in [0.29, 0.717) is 17.8 Å². The zero-order valence-electron chi connectivity index (χ0n) is 9.10. The molecule has 4 heteroatoms. The molecule has 0 N–H and O–H groups in total. The van der Waals surface area contributed by atoms with E-state index < -0.39 is 0 Å². The number of hydrogen-bond acceptors (Lipinski definition) is 4. The first kappa shape index (κ1) is 9.09. The molecule has 3 rings (SSSR count). The van der Waals surface area contributed by atoms with Crippen LogP contribution in [0, 0.1) is 6.92 Å². The van der Waals surface area contributed by atoms with E-state index >= 15 is 0 Å². The van der Waals surface area contributed by atoms with Crippen molar-refractivity contribution in [2.75, 3.05) is 7.05 Å². The number of nitrogens with zero attached hydrogens (tertiary/aromatic N) is 3. The molecule has 0 amide bonds. The van der Waals surface area contributed by atoms with Crippen molar-refractivity contribution in [3.63, 3.8) is 0 Å². The fourth-order valence-electron chi connectivity index (χ4n) is 2.71. The number of aromatic nitrogens is 2. The minimum atomic E-state index is 0.489. The zero-order chi connectivity index (χ0) is 10.4. The smallest absolute Gasteiger partial charge is 0.255 e. The van der Waals surface area contributed by atoms with Crippen LogP contribution in [0.25, 0.3) is 5.57 Å². The Bertz CT molecular complexity index is 410. The lowest BCUT2D eigenvalue weighted by molar-refractivity contribution is 0.262. The Balaban J connectivity index is 1.97. The van der Waals surface area contributed by atoms with Crippen LogP contribution in [-0.4, -0.2) is 34.2 Å². The molecule has 4 nitrogen and oxygen atoms in total. The van der Waals surface area contributed by atoms with E-state index in [2.05, 4.69) is 28.2 Å². The fourth-order valence-corrected chi connectivity index (χ4v) is 2.71. The summed E-state index contributed by atoms with van der Waals surface area (Å²) >= 11 is 0. The van der Waals surface area contributed by atoms with Gasteiger partial charge in [-0.25, -0.2) is 0 Å². The number of likely N-dealkylation sites (N-methyl/N-ethyl adjacent to an activating group) is 1. The van der Waals surface area contributed by atoms with Crippen LogP contribution in [0.2, 0.25) is 0 Å². The summed E-state index contributed by atoms with van der Waals surface area (Å²) in [5, 5.41) is 3.85. The highest BCUT2D eigenvalue weighted by Crippen LogP contribution is 2.38. The van der Waals surface area contributed by atoms with E-state index in [0.717, 1.165) is 12.5 Å². The van der Waals surface area contributed by atoms with Gasteiger partial charge in [0.05, 0.1) is 0 Å². The Hall–Kier alpha value is -1.16. The molecule has 80 valence electrons. The van der Waals surface area contributed by atoms with E-state index in [9.17, 15) is 0 Å². The molecule has 1 saturated heterocycles. The number of rotatable bonds is 1. The first-order chi connectivity index (χ1) is 7.25. The second-order valence-corrected chi connectivity index (χ2v) is 4.45. The second-order valence-electron chi connectivity index (χ2n) is 4.45. The molecule has 2 unspecified atom stereocenters. The number of aryl methyl sites for hydroxylation is 1. The maximum atomic E-state index is 5.25. The molecular weight excluding hydrogens is 190 g/mol. The van der Waals surface area contributed by atoms with Gasteiger partial charge in [-0.3, -0.25) is 4.90 Å². The van der Waals surface area contributed by atoms with Gasteiger partial charge in [-0.05, 0) is 33.2 Å². The van der Waals surface area contributed by atoms with Gasteiger partial charge in [0.15, 0.2) is 5.82 Å². The summed E-state index contributed by atoms with van der Waals surface area (Å²) < 4.78 is 5.25. The molecule has 2 aliphatic rings. The molecule has 2 bridgehead atoms. The van der Waals surface area contributed by atoms with Gasteiger partial charge in [0.1, 0.15) is 0 Å². The summed E-state index contributed by atoms with van der Waals surface area (Å²) in [4.78, 5) is 6.75. The number of fused-ring (bicyclic) bond motifs is 2. The van der Waals surface area contributed by atoms with E-state index in [-0.39, 0.29) is 0 Å². The van der Waals surface area contributed by atoms with Gasteiger partial charge in [-0.1, -0.05) is 11.2 Å². The second kappa shape index (κ2) is 3.17. The molecule has 2 aliphatic heterocycles. The van der Waals surface area contributed by atoms with Crippen LogP contribution in [-0.2, 0) is 0 Å². The lowest BCUT2D eigenvalue weighted by Gasteiger charge is -2.29. The average Bonchev–Trinajstić information content (AvgIpc) is 2.72. The average molecular weight is 205 g/mol. The summed E-state index contributed by atoms with van der Waals surface area (Å²) in [7, 11) is 2.19. The molecule has 15 heavy (non-hydrogen) atoms. The van der Waals surface area contributed by atoms with Crippen molar-refractivity contribution >= 4 is 5.57 Å². The third-order valence-corrected chi connectivity index (χ3v) is 3.58. The van der Waals surface area contributed by atoms with Gasteiger partial charge in [-0.15, -0.1) is 0 Å². The van der Waals surface area contributed by atoms with Gasteiger partial charge in [0.2, 0.25) is 0 Å². The molecule has 1 aromatic heterocycles. The quantitative estimate of drug-likeness (QED) is 0.698. The largest absolute Gasteiger partial charge is 0.334 e. The van der Waals surface area contributed by atoms with Crippen LogP contribution in [0.5, 0.6) is 0 Å². The number of hydrogen-bond donors (Lipinski definition) is 0. The summed E-state index contributed by atoms with van der Waals surface area (Å²) in [6, 6.07) is 1.21. The Morgan fingerprint density at radius 2 is 2.33 bits per heavy atom. The first-order valence-electron chi connectivity index (χ1n) is 5.48. The summed E-state index contributed by atoms with van der Waals surface area (Å²) in [6.07, 6.45) is 5.89. The van der Waals surface area contributed by atoms with Crippen molar-refractivity contribution in [1.82, 2.24) is 15.0 Å². The Morgan fingerprint density at radius 3 is 3.07 bits per heavy atom. The van der Waals surface area contributed by atoms with Gasteiger partial charge in [0.25, 0.3) is 5.89 Å². The van der Waals surface area contributed by atoms with Crippen LogP contribution < -0.4 is 0 Å². The molecule has 1 fully saturated rings. The topological polar surface area (TPSA) is 42.2 Å². The highest BCUT2D eigenvalue weighted by atomic mass is 16.5. The normalized spacial score (nSPS) is 30.7. The maximum Gasteiger partial charge on any atom is 0.255 e. The van der Waals surface area contributed by atoms with Gasteiger partial charge >= 0.3 is 0 Å². The van der Waals surface area contributed by atoms with E-state index in [4.69, 9.17) is 4.52 Å². The van der Waals surface area contributed by atoms with Gasteiger partial charge < -0.3 is 4.52 Å². The summed E-state index contributed by atoms with van der Waals surface area (Å²) in [5.74, 6) is 1.43. The van der Waals surface area contributed by atoms with E-state index in [1.165, 1.54) is 18.4 Å². The maximum absolute atomic E-state index is 5.25. The molecule has 1 aromatic rings. The van der Waals surface area contributed by atoms with E-state index in [1.54, 1.807) is 0 Å². The van der Waals surface area contributed by atoms with Crippen molar-refractivity contribution in [1.29, 1.82) is 0 Å². The van der Waals surface area contributed by atoms with Crippen LogP contribution in [0.1, 0.15) is 31.0 Å². The molecular formula is C11H15N3O. The molecule has 0 radical (unpaired) electrons. The minimum Gasteiger partial charge on any atom is -0.334 e. The molecule has 2 atom stereocenters. The lowest BCUT2D eigenvalue weighted by Crippen LogP contribution is -2.35. The minimum absolute atomic E-state index is 0.489. The molecule has 0 saturated carbocycles. The van der Waals surface area contributed by atoms with Crippen molar-refractivity contribution in [2.45, 2.75) is 38.3 Å². The summed E-state index contributed by atoms with van der Waals surface area (Å²) in [6.45, 7) is 1.86. The first-order valence-corrected chi connectivity index (χ1v) is 5.48. The standard InChI is InChI=1S/C11H15N3O/c1-7-12-11(15-13-7)9-5-3-8-4-6-10(9)14(8)2/h5,8,10H,3-4,6H2,1-2H3. The van der Waals surface area contributed by atoms with Crippen molar-refractivity contribution in [3.05, 3.63) is 17.8 Å². The van der Waals surface area contributed by atoms with Crippen LogP contribution in [0.15, 0.2) is 10.6 Å². The van der Waals surface area contributed by atoms with Crippen molar-refractivity contribution in [3.8, 4) is 0 Å². The predicted octanol–water partition coefficient (Wildman–Crippen LogP) is 1.63. The van der Waals surface area contributed by atoms with Gasteiger partial charge in [-0.2, -0.15) is 4.98 Å². The van der Waals surface area contributed by atoms with E-state index in [1.807, 2.05) is 6.92 Å². The highest BCUT2D eigenvalue weighted by Gasteiger charge is 2.37. The van der Waals surface area contributed by atoms with Crippen LogP contribution in [0.3, 0.4) is 0 Å². The predicted molar refractivity (Wildman–Crippen MR) is 56.2 cm³/mol. The monoisotopic (exact) mass is 205 g/mol.